The maximum Gasteiger partial charge on any atom is 0 e. The van der Waals surface area contributed by atoms with Crippen molar-refractivity contribution in [3.05, 3.63) is 43.6 Å². The molecule has 152 valence electrons. The van der Waals surface area contributed by atoms with Crippen LogP contribution >= 0.6 is 8.17 Å². The van der Waals surface area contributed by atoms with E-state index in [0.29, 0.717) is 0 Å². The molecular formula is C20H31FeNO4P+. The number of hydrogen-bond donors (Lipinski definition) is 0. The van der Waals surface area contributed by atoms with Gasteiger partial charge in [0.15, 0.2) is 0 Å². The van der Waals surface area contributed by atoms with Gasteiger partial charge in [-0.25, -0.2) is 0 Å². The first-order valence-corrected chi connectivity index (χ1v) is 9.61. The van der Waals surface area contributed by atoms with Crippen LogP contribution in [0.15, 0.2) is 35.1 Å². The minimum Gasteiger partial charge on any atom is 0 e. The molecule has 0 aromatic heterocycles. The fraction of sp³-hybridized carbons (Fsp3) is 0.600. The van der Waals surface area contributed by atoms with E-state index < -0.39 is 8.17 Å². The van der Waals surface area contributed by atoms with E-state index in [1.165, 1.54) is 0 Å². The molecule has 1 saturated carbocycles. The van der Waals surface area contributed by atoms with E-state index in [0.717, 1.165) is 35.3 Å². The van der Waals surface area contributed by atoms with Crippen LogP contribution in [0.25, 0.3) is 0 Å². The minimum absolute atomic E-state index is 0. The van der Waals surface area contributed by atoms with Crippen molar-refractivity contribution in [2.24, 2.45) is 34.3 Å². The van der Waals surface area contributed by atoms with Crippen molar-refractivity contribution in [1.82, 2.24) is 0 Å². The van der Waals surface area contributed by atoms with Crippen molar-refractivity contribution >= 4 is 13.9 Å². The number of nitrogens with zero attached hydrogens (tertiary/aromatic N) is 1. The summed E-state index contributed by atoms with van der Waals surface area (Å²) in [5, 5.41) is 0. The standard InChI is InChI=1S/C10H20.C8H11NO2P.2CO.Fe/c1-6-7(2)9(4)10(5)8(6)3;1-10-12(11-2)9-8-6-4-3-5-7-8;2*1-2;/h6-10H,1-5H3;3-7H,1-2H3;;;/q;+1;;;. The molecule has 0 unspecified atom stereocenters. The third-order valence-corrected chi connectivity index (χ3v) is 6.43. The second kappa shape index (κ2) is 18.6. The molecular weight excluding hydrogens is 405 g/mol. The van der Waals surface area contributed by atoms with Gasteiger partial charge in [-0.2, -0.15) is 0 Å². The van der Waals surface area contributed by atoms with E-state index in [9.17, 15) is 0 Å². The summed E-state index contributed by atoms with van der Waals surface area (Å²) in [4.78, 5) is 0. The van der Waals surface area contributed by atoms with Gasteiger partial charge in [-0.1, -0.05) is 52.8 Å². The molecule has 1 fully saturated rings. The average molecular weight is 436 g/mol. The van der Waals surface area contributed by atoms with Gasteiger partial charge in [0.2, 0.25) is 0 Å². The van der Waals surface area contributed by atoms with Crippen LogP contribution in [0.1, 0.15) is 34.6 Å². The molecule has 0 radical (unpaired) electrons. The van der Waals surface area contributed by atoms with E-state index in [1.54, 1.807) is 14.2 Å². The Balaban J connectivity index is -0.000000352. The van der Waals surface area contributed by atoms with Gasteiger partial charge in [0.1, 0.15) is 5.69 Å². The fourth-order valence-electron chi connectivity index (χ4n) is 3.14. The zero-order valence-electron chi connectivity index (χ0n) is 17.2. The summed E-state index contributed by atoms with van der Waals surface area (Å²) in [6.07, 6.45) is 0. The molecule has 0 atom stereocenters. The molecule has 1 aliphatic carbocycles. The molecule has 0 spiro atoms. The predicted octanol–water partition coefficient (Wildman–Crippen LogP) is 6.21. The Bertz CT molecular complexity index is 494. The van der Waals surface area contributed by atoms with Gasteiger partial charge in [0, 0.05) is 17.1 Å². The topological polar surface area (TPSA) is 70.6 Å². The van der Waals surface area contributed by atoms with Gasteiger partial charge < -0.3 is 0 Å². The van der Waals surface area contributed by atoms with Crippen molar-refractivity contribution in [2.45, 2.75) is 34.6 Å². The Morgan fingerprint density at radius 1 is 0.741 bits per heavy atom. The Labute approximate surface area is 176 Å². The third kappa shape index (κ3) is 11.0. The van der Waals surface area contributed by atoms with Crippen LogP contribution in [0.4, 0.5) is 5.69 Å². The Morgan fingerprint density at radius 2 is 1.04 bits per heavy atom. The summed E-state index contributed by atoms with van der Waals surface area (Å²) < 4.78 is 29.2. The molecule has 0 heterocycles. The van der Waals surface area contributed by atoms with Gasteiger partial charge in [-0.3, -0.25) is 0 Å². The molecule has 0 bridgehead atoms. The normalized spacial score (nSPS) is 24.9. The van der Waals surface area contributed by atoms with Gasteiger partial charge in [0.05, 0.1) is 14.2 Å². The molecule has 0 saturated heterocycles. The van der Waals surface area contributed by atoms with E-state index in [2.05, 4.69) is 52.7 Å². The molecule has 5 nitrogen and oxygen atoms in total. The van der Waals surface area contributed by atoms with Gasteiger partial charge in [0.25, 0.3) is 0 Å². The fourth-order valence-corrected chi connectivity index (χ4v) is 3.77. The van der Waals surface area contributed by atoms with Crippen molar-refractivity contribution < 1.29 is 35.4 Å². The summed E-state index contributed by atoms with van der Waals surface area (Å²) in [6, 6.07) is 9.62. The number of benzene rings is 1. The summed E-state index contributed by atoms with van der Waals surface area (Å²) in [6.45, 7) is 21.0. The zero-order chi connectivity index (χ0) is 20.7. The molecule has 27 heavy (non-hydrogen) atoms. The molecule has 1 aromatic carbocycles. The first-order valence-electron chi connectivity index (χ1n) is 8.48. The number of hydrogen-bond acceptors (Lipinski definition) is 3. The van der Waals surface area contributed by atoms with Gasteiger partial charge in [-0.05, 0) is 46.5 Å². The summed E-state index contributed by atoms with van der Waals surface area (Å²) in [7, 11) is 2.06. The van der Waals surface area contributed by atoms with Crippen molar-refractivity contribution in [3.63, 3.8) is 0 Å². The summed E-state index contributed by atoms with van der Waals surface area (Å²) in [5.74, 6) is 4.68. The quantitative estimate of drug-likeness (QED) is 0.245. The third-order valence-electron chi connectivity index (χ3n) is 5.41. The zero-order valence-corrected chi connectivity index (χ0v) is 19.2. The van der Waals surface area contributed by atoms with Crippen LogP contribution in [-0.2, 0) is 35.4 Å². The smallest absolute Gasteiger partial charge is 0 e. The first-order chi connectivity index (χ1) is 12.4. The molecule has 2 rings (SSSR count). The van der Waals surface area contributed by atoms with E-state index in [1.807, 2.05) is 30.3 Å². The maximum atomic E-state index is 7.50. The SMILES string of the molecule is CC1C(C)C(C)C(C)C1C.CO[P+](=Nc1ccccc1)OC.[C-]#[O+].[C-]#[O+].[Fe]. The largest absolute Gasteiger partial charge is 0 e. The Hall–Kier alpha value is -0.761. The molecule has 0 amide bonds. The molecule has 7 heteroatoms. The minimum atomic E-state index is -1.11. The van der Waals surface area contributed by atoms with Gasteiger partial charge >= 0.3 is 30.8 Å². The van der Waals surface area contributed by atoms with Crippen LogP contribution < -0.4 is 0 Å². The van der Waals surface area contributed by atoms with Crippen LogP contribution in [0.3, 0.4) is 0 Å². The van der Waals surface area contributed by atoms with Crippen molar-refractivity contribution in [3.8, 4) is 0 Å². The Morgan fingerprint density at radius 3 is 1.30 bits per heavy atom. The monoisotopic (exact) mass is 436 g/mol. The molecule has 0 aliphatic heterocycles. The van der Waals surface area contributed by atoms with E-state index >= 15 is 0 Å². The average Bonchev–Trinajstić information content (AvgIpc) is 2.88. The first kappa shape index (κ1) is 31.0. The second-order valence-electron chi connectivity index (χ2n) is 6.33. The van der Waals surface area contributed by atoms with Crippen LogP contribution in [0, 0.1) is 42.9 Å². The predicted molar refractivity (Wildman–Crippen MR) is 103 cm³/mol. The van der Waals surface area contributed by atoms with Gasteiger partial charge in [-0.15, -0.1) is 9.05 Å². The molecule has 1 aliphatic rings. The summed E-state index contributed by atoms with van der Waals surface area (Å²) >= 11 is 0. The van der Waals surface area contributed by atoms with Crippen molar-refractivity contribution in [2.75, 3.05) is 14.2 Å². The van der Waals surface area contributed by atoms with E-state index in [4.69, 9.17) is 18.4 Å². The van der Waals surface area contributed by atoms with E-state index in [-0.39, 0.29) is 17.1 Å². The number of rotatable bonds is 3. The second-order valence-corrected chi connectivity index (χ2v) is 7.74. The Kier molecular flexibility index (Phi) is 21.3. The van der Waals surface area contributed by atoms with Crippen molar-refractivity contribution in [1.29, 1.82) is 0 Å². The van der Waals surface area contributed by atoms with Crippen LogP contribution in [-0.4, -0.2) is 14.2 Å². The maximum absolute atomic E-state index is 7.50. The molecule has 0 N–H and O–H groups in total. The summed E-state index contributed by atoms with van der Waals surface area (Å²) in [5.41, 5.74) is 0.882. The van der Waals surface area contributed by atoms with Crippen LogP contribution in [0.2, 0.25) is 0 Å². The molecule has 1 aromatic rings. The van der Waals surface area contributed by atoms with Crippen LogP contribution in [0.5, 0.6) is 0 Å².